The molecule has 0 N–H and O–H groups in total. The van der Waals surface area contributed by atoms with Crippen LogP contribution < -0.4 is 0 Å². The smallest absolute Gasteiger partial charge is 0.151 e. The van der Waals surface area contributed by atoms with E-state index in [1.165, 1.54) is 86.5 Å². The van der Waals surface area contributed by atoms with Gasteiger partial charge in [-0.1, -0.05) is 102 Å². The molecular formula is C31H37NO. The van der Waals surface area contributed by atoms with Gasteiger partial charge in [-0.25, -0.2) is 0 Å². The first-order valence-corrected chi connectivity index (χ1v) is 12.9. The number of aromatic nitrogens is 1. The highest BCUT2D eigenvalue weighted by molar-refractivity contribution is 5.83. The number of pyridine rings is 1. The van der Waals surface area contributed by atoms with Crippen LogP contribution in [0.2, 0.25) is 0 Å². The van der Waals surface area contributed by atoms with Crippen LogP contribution in [0.5, 0.6) is 0 Å². The van der Waals surface area contributed by atoms with Crippen LogP contribution in [-0.2, 0) is 5.41 Å². The summed E-state index contributed by atoms with van der Waals surface area (Å²) in [5.74, 6) is 0. The number of benzene rings is 2. The lowest BCUT2D eigenvalue weighted by molar-refractivity contribution is 0.112. The molecule has 2 aromatic carbocycles. The third-order valence-corrected chi connectivity index (χ3v) is 7.40. The van der Waals surface area contributed by atoms with Gasteiger partial charge in [0.05, 0.1) is 5.69 Å². The molecule has 0 atom stereocenters. The normalized spacial score (nSPS) is 13.5. The highest BCUT2D eigenvalue weighted by Gasteiger charge is 2.42. The van der Waals surface area contributed by atoms with Crippen LogP contribution in [-0.4, -0.2) is 11.3 Å². The number of hydrogen-bond donors (Lipinski definition) is 0. The molecule has 0 spiro atoms. The van der Waals surface area contributed by atoms with Gasteiger partial charge in [0, 0.05) is 22.7 Å². The van der Waals surface area contributed by atoms with E-state index in [1.54, 1.807) is 6.20 Å². The highest BCUT2D eigenvalue weighted by Crippen LogP contribution is 2.54. The number of aldehydes is 1. The largest absolute Gasteiger partial charge is 0.298 e. The molecule has 0 saturated heterocycles. The van der Waals surface area contributed by atoms with Crippen molar-refractivity contribution in [1.82, 2.24) is 4.98 Å². The molecule has 0 amide bonds. The maximum Gasteiger partial charge on any atom is 0.151 e. The Labute approximate surface area is 199 Å². The van der Waals surface area contributed by atoms with Crippen molar-refractivity contribution in [3.05, 3.63) is 77.5 Å². The average Bonchev–Trinajstić information content (AvgIpc) is 3.14. The number of nitrogens with zero attached hydrogens (tertiary/aromatic N) is 1. The minimum Gasteiger partial charge on any atom is -0.298 e. The van der Waals surface area contributed by atoms with Gasteiger partial charge in [-0.05, 0) is 53.3 Å². The average molecular weight is 440 g/mol. The molecule has 3 aromatic rings. The third kappa shape index (κ3) is 4.81. The second-order valence-corrected chi connectivity index (χ2v) is 9.60. The van der Waals surface area contributed by atoms with E-state index in [-0.39, 0.29) is 5.41 Å². The summed E-state index contributed by atoms with van der Waals surface area (Å²) in [6.45, 7) is 4.58. The van der Waals surface area contributed by atoms with Crippen LogP contribution in [0.15, 0.2) is 60.8 Å². The fourth-order valence-electron chi connectivity index (χ4n) is 5.63. The monoisotopic (exact) mass is 439 g/mol. The Hall–Kier alpha value is -2.74. The minimum absolute atomic E-state index is 0.0894. The van der Waals surface area contributed by atoms with Crippen molar-refractivity contribution >= 4 is 6.29 Å². The lowest BCUT2D eigenvalue weighted by atomic mass is 9.70. The van der Waals surface area contributed by atoms with Crippen LogP contribution in [0, 0.1) is 0 Å². The van der Waals surface area contributed by atoms with E-state index in [0.717, 1.165) is 17.5 Å². The SMILES string of the molecule is CCCCCCC1(CCCCCC)c2ccccc2-c2ccc(-c3ccc(C=O)cn3)cc21. The van der Waals surface area contributed by atoms with Crippen molar-refractivity contribution in [1.29, 1.82) is 0 Å². The molecule has 1 aliphatic rings. The van der Waals surface area contributed by atoms with Crippen LogP contribution in [0.25, 0.3) is 22.4 Å². The summed E-state index contributed by atoms with van der Waals surface area (Å²) < 4.78 is 0. The van der Waals surface area contributed by atoms with Crippen LogP contribution in [0.3, 0.4) is 0 Å². The summed E-state index contributed by atoms with van der Waals surface area (Å²) in [4.78, 5) is 15.7. The summed E-state index contributed by atoms with van der Waals surface area (Å²) in [6, 6.07) is 19.8. The molecule has 0 unspecified atom stereocenters. The molecule has 0 saturated carbocycles. The topological polar surface area (TPSA) is 30.0 Å². The van der Waals surface area contributed by atoms with Crippen molar-refractivity contribution < 1.29 is 4.79 Å². The molecule has 2 heteroatoms. The predicted molar refractivity (Wildman–Crippen MR) is 139 cm³/mol. The third-order valence-electron chi connectivity index (χ3n) is 7.40. The second kappa shape index (κ2) is 10.9. The van der Waals surface area contributed by atoms with Gasteiger partial charge in [0.15, 0.2) is 6.29 Å². The number of fused-ring (bicyclic) bond motifs is 3. The summed E-state index contributed by atoms with van der Waals surface area (Å²) >= 11 is 0. The van der Waals surface area contributed by atoms with E-state index in [9.17, 15) is 4.79 Å². The molecule has 0 fully saturated rings. The quantitative estimate of drug-likeness (QED) is 0.208. The van der Waals surface area contributed by atoms with Gasteiger partial charge in [-0.2, -0.15) is 0 Å². The van der Waals surface area contributed by atoms with Crippen molar-refractivity contribution in [3.63, 3.8) is 0 Å². The van der Waals surface area contributed by atoms with Crippen LogP contribution in [0.4, 0.5) is 0 Å². The Kier molecular flexibility index (Phi) is 7.75. The lowest BCUT2D eigenvalue weighted by Crippen LogP contribution is -2.25. The zero-order valence-electron chi connectivity index (χ0n) is 20.3. The standard InChI is InChI=1S/C31H37NO/c1-3-5-7-11-19-31(20-12-8-6-4-2)28-14-10-9-13-26(28)27-17-16-25(21-29(27)31)30-18-15-24(23-33)22-32-30/h9-10,13-18,21-23H,3-8,11-12,19-20H2,1-2H3. The fraction of sp³-hybridized carbons (Fsp3) is 0.419. The number of rotatable bonds is 12. The van der Waals surface area contributed by atoms with E-state index in [2.05, 4.69) is 61.3 Å². The molecule has 33 heavy (non-hydrogen) atoms. The van der Waals surface area contributed by atoms with Gasteiger partial charge in [0.2, 0.25) is 0 Å². The molecule has 0 bridgehead atoms. The molecule has 2 nitrogen and oxygen atoms in total. The van der Waals surface area contributed by atoms with E-state index in [0.29, 0.717) is 5.56 Å². The first kappa shape index (κ1) is 23.4. The Balaban J connectivity index is 1.77. The summed E-state index contributed by atoms with van der Waals surface area (Å²) in [5.41, 5.74) is 8.60. The van der Waals surface area contributed by atoms with E-state index < -0.39 is 0 Å². The Morgan fingerprint density at radius 1 is 0.758 bits per heavy atom. The van der Waals surface area contributed by atoms with Gasteiger partial charge >= 0.3 is 0 Å². The Bertz CT molecular complexity index is 1050. The molecule has 1 heterocycles. The Morgan fingerprint density at radius 2 is 1.45 bits per heavy atom. The highest BCUT2D eigenvalue weighted by atomic mass is 16.1. The zero-order valence-corrected chi connectivity index (χ0v) is 20.3. The summed E-state index contributed by atoms with van der Waals surface area (Å²) in [6.07, 6.45) is 15.3. The fourth-order valence-corrected chi connectivity index (χ4v) is 5.63. The number of unbranched alkanes of at least 4 members (excludes halogenated alkanes) is 6. The van der Waals surface area contributed by atoms with Crippen molar-refractivity contribution in [3.8, 4) is 22.4 Å². The van der Waals surface area contributed by atoms with E-state index >= 15 is 0 Å². The number of carbonyl (C=O) groups is 1. The summed E-state index contributed by atoms with van der Waals surface area (Å²) in [7, 11) is 0. The maximum atomic E-state index is 11.1. The lowest BCUT2D eigenvalue weighted by Gasteiger charge is -2.33. The van der Waals surface area contributed by atoms with Gasteiger partial charge in [0.1, 0.15) is 0 Å². The van der Waals surface area contributed by atoms with Crippen molar-refractivity contribution in [2.24, 2.45) is 0 Å². The van der Waals surface area contributed by atoms with E-state index in [4.69, 9.17) is 0 Å². The second-order valence-electron chi connectivity index (χ2n) is 9.60. The Morgan fingerprint density at radius 3 is 2.09 bits per heavy atom. The predicted octanol–water partition coefficient (Wildman–Crippen LogP) is 8.77. The number of hydrogen-bond acceptors (Lipinski definition) is 2. The zero-order chi connectivity index (χ0) is 23.1. The van der Waals surface area contributed by atoms with Crippen LogP contribution >= 0.6 is 0 Å². The van der Waals surface area contributed by atoms with Gasteiger partial charge in [-0.15, -0.1) is 0 Å². The molecule has 1 aliphatic carbocycles. The van der Waals surface area contributed by atoms with E-state index in [1.807, 2.05) is 12.1 Å². The molecular weight excluding hydrogens is 402 g/mol. The summed E-state index contributed by atoms with van der Waals surface area (Å²) in [5, 5.41) is 0. The first-order valence-electron chi connectivity index (χ1n) is 12.9. The molecule has 172 valence electrons. The minimum atomic E-state index is 0.0894. The molecule has 1 aromatic heterocycles. The molecule has 0 radical (unpaired) electrons. The van der Waals surface area contributed by atoms with Crippen molar-refractivity contribution in [2.75, 3.05) is 0 Å². The number of carbonyl (C=O) groups excluding carboxylic acids is 1. The van der Waals surface area contributed by atoms with Crippen molar-refractivity contribution in [2.45, 2.75) is 83.5 Å². The first-order chi connectivity index (χ1) is 16.2. The molecule has 0 aliphatic heterocycles. The van der Waals surface area contributed by atoms with Crippen LogP contribution in [0.1, 0.15) is 99.5 Å². The van der Waals surface area contributed by atoms with Gasteiger partial charge < -0.3 is 0 Å². The van der Waals surface area contributed by atoms with Gasteiger partial charge in [0.25, 0.3) is 0 Å². The maximum absolute atomic E-state index is 11.1. The molecule has 4 rings (SSSR count). The van der Waals surface area contributed by atoms with Gasteiger partial charge in [-0.3, -0.25) is 9.78 Å².